The Balaban J connectivity index is 1.58. The van der Waals surface area contributed by atoms with Crippen LogP contribution in [-0.2, 0) is 19.8 Å². The molecule has 9 heteroatoms. The monoisotopic (exact) mass is 375 g/mol. The third-order valence-corrected chi connectivity index (χ3v) is 3.75. The van der Waals surface area contributed by atoms with Gasteiger partial charge in [-0.1, -0.05) is 0 Å². The van der Waals surface area contributed by atoms with Gasteiger partial charge in [-0.3, -0.25) is 9.67 Å². The zero-order valence-corrected chi connectivity index (χ0v) is 14.3. The number of carbonyl (C=O) groups excluding carboxylic acids is 1. The first kappa shape index (κ1) is 18.4. The Morgan fingerprint density at radius 3 is 2.56 bits per heavy atom. The van der Waals surface area contributed by atoms with Crippen LogP contribution in [0, 0.1) is 0 Å². The summed E-state index contributed by atoms with van der Waals surface area (Å²) in [5, 5.41) is 9.24. The fourth-order valence-corrected chi connectivity index (χ4v) is 2.40. The number of anilines is 1. The van der Waals surface area contributed by atoms with E-state index in [0.29, 0.717) is 0 Å². The number of hydrogen-bond acceptors (Lipinski definition) is 3. The molecule has 0 aliphatic heterocycles. The lowest BCUT2D eigenvalue weighted by atomic mass is 10.1. The molecule has 27 heavy (non-hydrogen) atoms. The molecule has 2 aromatic heterocycles. The lowest BCUT2D eigenvalue weighted by Crippen LogP contribution is -2.28. The third kappa shape index (κ3) is 4.84. The van der Waals surface area contributed by atoms with Gasteiger partial charge in [0, 0.05) is 37.2 Å². The van der Waals surface area contributed by atoms with Gasteiger partial charge in [-0.25, -0.2) is 4.79 Å². The van der Waals surface area contributed by atoms with E-state index in [1.165, 1.54) is 12.1 Å². The standard InChI is InChI=1S/C18H16F3N5O/c1-26-11-13(10-24-26)16-8-12(6-7-22-16)9-23-17(27)25-15-4-2-14(3-5-15)18(19,20)21/h2-8,10-11H,9H2,1H3,(H2,23,25,27). The molecule has 0 radical (unpaired) electrons. The highest BCUT2D eigenvalue weighted by Gasteiger charge is 2.29. The number of aromatic nitrogens is 3. The Kier molecular flexibility index (Phi) is 5.11. The summed E-state index contributed by atoms with van der Waals surface area (Å²) < 4.78 is 39.3. The number of amides is 2. The highest BCUT2D eigenvalue weighted by molar-refractivity contribution is 5.89. The van der Waals surface area contributed by atoms with E-state index in [2.05, 4.69) is 20.7 Å². The summed E-state index contributed by atoms with van der Waals surface area (Å²) in [4.78, 5) is 16.2. The number of nitrogens with zero attached hydrogens (tertiary/aromatic N) is 3. The largest absolute Gasteiger partial charge is 0.416 e. The summed E-state index contributed by atoms with van der Waals surface area (Å²) in [6, 6.07) is 7.31. The van der Waals surface area contributed by atoms with Crippen molar-refractivity contribution in [3.05, 3.63) is 66.1 Å². The van der Waals surface area contributed by atoms with Gasteiger partial charge in [0.05, 0.1) is 17.5 Å². The van der Waals surface area contributed by atoms with Crippen molar-refractivity contribution in [1.29, 1.82) is 0 Å². The summed E-state index contributed by atoms with van der Waals surface area (Å²) in [5.74, 6) is 0. The summed E-state index contributed by atoms with van der Waals surface area (Å²) >= 11 is 0. The normalized spacial score (nSPS) is 11.3. The van der Waals surface area contributed by atoms with Crippen molar-refractivity contribution in [2.75, 3.05) is 5.32 Å². The van der Waals surface area contributed by atoms with Gasteiger partial charge in [-0.2, -0.15) is 18.3 Å². The number of nitrogens with one attached hydrogen (secondary N) is 2. The summed E-state index contributed by atoms with van der Waals surface area (Å²) in [7, 11) is 1.81. The molecular formula is C18H16F3N5O. The average molecular weight is 375 g/mol. The predicted molar refractivity (Wildman–Crippen MR) is 93.7 cm³/mol. The van der Waals surface area contributed by atoms with Crippen LogP contribution in [0.4, 0.5) is 23.7 Å². The van der Waals surface area contributed by atoms with E-state index in [-0.39, 0.29) is 12.2 Å². The molecule has 0 saturated heterocycles. The van der Waals surface area contributed by atoms with E-state index in [9.17, 15) is 18.0 Å². The van der Waals surface area contributed by atoms with Crippen molar-refractivity contribution in [3.63, 3.8) is 0 Å². The zero-order chi connectivity index (χ0) is 19.4. The Labute approximate surface area is 153 Å². The van der Waals surface area contributed by atoms with Crippen LogP contribution in [0.25, 0.3) is 11.3 Å². The van der Waals surface area contributed by atoms with Crippen molar-refractivity contribution in [3.8, 4) is 11.3 Å². The fraction of sp³-hybridized carbons (Fsp3) is 0.167. The number of benzene rings is 1. The molecular weight excluding hydrogens is 359 g/mol. The molecule has 6 nitrogen and oxygen atoms in total. The predicted octanol–water partition coefficient (Wildman–Crippen LogP) is 3.82. The zero-order valence-electron chi connectivity index (χ0n) is 14.3. The van der Waals surface area contributed by atoms with Crippen LogP contribution in [0.5, 0.6) is 0 Å². The summed E-state index contributed by atoms with van der Waals surface area (Å²) in [5.41, 5.74) is 1.91. The second-order valence-corrected chi connectivity index (χ2v) is 5.83. The van der Waals surface area contributed by atoms with Crippen LogP contribution in [0.2, 0.25) is 0 Å². The molecule has 2 N–H and O–H groups in total. The van der Waals surface area contributed by atoms with E-state index >= 15 is 0 Å². The van der Waals surface area contributed by atoms with Gasteiger partial charge in [0.2, 0.25) is 0 Å². The van der Waals surface area contributed by atoms with E-state index in [1.54, 1.807) is 30.2 Å². The van der Waals surface area contributed by atoms with Gasteiger partial charge in [-0.15, -0.1) is 0 Å². The number of aryl methyl sites for hydroxylation is 1. The van der Waals surface area contributed by atoms with Crippen LogP contribution in [0.15, 0.2) is 55.0 Å². The number of urea groups is 1. The van der Waals surface area contributed by atoms with Gasteiger partial charge < -0.3 is 10.6 Å². The van der Waals surface area contributed by atoms with Crippen LogP contribution < -0.4 is 10.6 Å². The first-order valence-electron chi connectivity index (χ1n) is 7.97. The van der Waals surface area contributed by atoms with Gasteiger partial charge in [0.15, 0.2) is 0 Å². The molecule has 3 aromatic rings. The van der Waals surface area contributed by atoms with Gasteiger partial charge in [0.1, 0.15) is 0 Å². The summed E-state index contributed by atoms with van der Waals surface area (Å²) in [6.45, 7) is 0.238. The van der Waals surface area contributed by atoms with Crippen molar-refractivity contribution in [1.82, 2.24) is 20.1 Å². The number of halogens is 3. The Morgan fingerprint density at radius 2 is 1.93 bits per heavy atom. The first-order valence-corrected chi connectivity index (χ1v) is 7.97. The molecule has 0 unspecified atom stereocenters. The first-order chi connectivity index (χ1) is 12.8. The Bertz CT molecular complexity index is 935. The number of carbonyl (C=O) groups is 1. The molecule has 1 aromatic carbocycles. The molecule has 0 fully saturated rings. The van der Waals surface area contributed by atoms with Crippen molar-refractivity contribution < 1.29 is 18.0 Å². The van der Waals surface area contributed by atoms with E-state index in [1.807, 2.05) is 12.3 Å². The highest BCUT2D eigenvalue weighted by Crippen LogP contribution is 2.29. The molecule has 3 rings (SSSR count). The lowest BCUT2D eigenvalue weighted by molar-refractivity contribution is -0.137. The molecule has 0 saturated carbocycles. The minimum Gasteiger partial charge on any atom is -0.334 e. The molecule has 140 valence electrons. The molecule has 0 aliphatic carbocycles. The van der Waals surface area contributed by atoms with Crippen molar-refractivity contribution in [2.45, 2.75) is 12.7 Å². The minimum absolute atomic E-state index is 0.238. The lowest BCUT2D eigenvalue weighted by Gasteiger charge is -2.10. The second-order valence-electron chi connectivity index (χ2n) is 5.83. The quantitative estimate of drug-likeness (QED) is 0.728. The van der Waals surface area contributed by atoms with E-state index in [4.69, 9.17) is 0 Å². The SMILES string of the molecule is Cn1cc(-c2cc(CNC(=O)Nc3ccc(C(F)(F)F)cc3)ccn2)cn1. The number of pyridine rings is 1. The maximum absolute atomic E-state index is 12.5. The molecule has 2 amide bonds. The topological polar surface area (TPSA) is 71.8 Å². The van der Waals surface area contributed by atoms with Gasteiger partial charge in [0.25, 0.3) is 0 Å². The third-order valence-electron chi connectivity index (χ3n) is 3.75. The van der Waals surface area contributed by atoms with Crippen LogP contribution in [0.1, 0.15) is 11.1 Å². The van der Waals surface area contributed by atoms with E-state index in [0.717, 1.165) is 29.0 Å². The maximum atomic E-state index is 12.5. The van der Waals surface area contributed by atoms with Crippen LogP contribution in [0.3, 0.4) is 0 Å². The van der Waals surface area contributed by atoms with Crippen molar-refractivity contribution >= 4 is 11.7 Å². The maximum Gasteiger partial charge on any atom is 0.416 e. The molecule has 2 heterocycles. The van der Waals surface area contributed by atoms with E-state index < -0.39 is 17.8 Å². The molecule has 0 bridgehead atoms. The van der Waals surface area contributed by atoms with Gasteiger partial charge in [-0.05, 0) is 42.0 Å². The number of alkyl halides is 3. The fourth-order valence-electron chi connectivity index (χ4n) is 2.40. The number of hydrogen-bond donors (Lipinski definition) is 2. The second kappa shape index (κ2) is 7.48. The smallest absolute Gasteiger partial charge is 0.334 e. The van der Waals surface area contributed by atoms with Crippen LogP contribution in [-0.4, -0.2) is 20.8 Å². The molecule has 0 atom stereocenters. The Morgan fingerprint density at radius 1 is 1.19 bits per heavy atom. The van der Waals surface area contributed by atoms with Gasteiger partial charge >= 0.3 is 12.2 Å². The van der Waals surface area contributed by atoms with Crippen LogP contribution >= 0.6 is 0 Å². The Hall–Kier alpha value is -3.36. The minimum atomic E-state index is -4.41. The molecule has 0 aliphatic rings. The molecule has 0 spiro atoms. The average Bonchev–Trinajstić information content (AvgIpc) is 3.06. The summed E-state index contributed by atoms with van der Waals surface area (Å²) in [6.07, 6.45) is 0.745. The highest BCUT2D eigenvalue weighted by atomic mass is 19.4. The van der Waals surface area contributed by atoms with Crippen molar-refractivity contribution in [2.24, 2.45) is 7.05 Å². The number of rotatable bonds is 4.